The normalized spacial score (nSPS) is 20.7. The summed E-state index contributed by atoms with van der Waals surface area (Å²) in [5, 5.41) is 13.7. The van der Waals surface area contributed by atoms with Gasteiger partial charge in [0.15, 0.2) is 5.65 Å². The van der Waals surface area contributed by atoms with Crippen LogP contribution in [-0.2, 0) is 31.8 Å². The van der Waals surface area contributed by atoms with E-state index >= 15 is 0 Å². The van der Waals surface area contributed by atoms with Crippen LogP contribution in [0.1, 0.15) is 19.3 Å². The molecule has 0 saturated carbocycles. The minimum atomic E-state index is -3.70. The van der Waals surface area contributed by atoms with Gasteiger partial charge in [-0.15, -0.1) is 0 Å². The molecular weight excluding hydrogens is 560 g/mol. The fourth-order valence-electron chi connectivity index (χ4n) is 5.14. The predicted molar refractivity (Wildman–Crippen MR) is 146 cm³/mol. The Bertz CT molecular complexity index is 1570. The molecule has 2 saturated heterocycles. The van der Waals surface area contributed by atoms with Crippen molar-refractivity contribution in [3.05, 3.63) is 42.9 Å². The second-order valence-corrected chi connectivity index (χ2v) is 14.0. The van der Waals surface area contributed by atoms with Gasteiger partial charge in [-0.25, -0.2) is 31.5 Å². The van der Waals surface area contributed by atoms with Gasteiger partial charge in [0.25, 0.3) is 0 Å². The van der Waals surface area contributed by atoms with E-state index in [0.717, 1.165) is 0 Å². The van der Waals surface area contributed by atoms with Gasteiger partial charge in [0.2, 0.25) is 20.0 Å². The van der Waals surface area contributed by atoms with Crippen molar-refractivity contribution in [3.8, 4) is 5.75 Å². The van der Waals surface area contributed by atoms with Gasteiger partial charge in [0.05, 0.1) is 28.9 Å². The Labute approximate surface area is 233 Å². The summed E-state index contributed by atoms with van der Waals surface area (Å²) in [6, 6.07) is 7.69. The molecule has 0 aliphatic carbocycles. The first-order valence-electron chi connectivity index (χ1n) is 13.0. The highest BCUT2D eigenvalue weighted by Gasteiger charge is 2.44. The van der Waals surface area contributed by atoms with E-state index in [1.54, 1.807) is 36.1 Å². The van der Waals surface area contributed by atoms with E-state index in [-0.39, 0.29) is 29.0 Å². The standard InChI is InChI=1S/C25H34N6O7S2/c1-26-39(33,34)21-5-3-4-20(10-21)37-16-19(32)13-27-18-12-25(38-15-18)6-8-31(9-7-25)40(35,36)22-11-23-24(28-14-22)29-17-30(23)2/h3-5,10-11,14,17-19,26-27,32H,6-9,12-13,15-16H2,1-2H3. The number of ether oxygens (including phenoxy) is 2. The molecule has 2 aliphatic rings. The summed E-state index contributed by atoms with van der Waals surface area (Å²) in [7, 11) is -4.15. The third-order valence-corrected chi connectivity index (χ3v) is 10.8. The van der Waals surface area contributed by atoms with Crippen molar-refractivity contribution in [1.29, 1.82) is 0 Å². The second-order valence-electron chi connectivity index (χ2n) is 10.2. The molecule has 40 heavy (non-hydrogen) atoms. The van der Waals surface area contributed by atoms with Crippen molar-refractivity contribution in [2.24, 2.45) is 7.05 Å². The van der Waals surface area contributed by atoms with E-state index < -0.39 is 31.8 Å². The smallest absolute Gasteiger partial charge is 0.244 e. The summed E-state index contributed by atoms with van der Waals surface area (Å²) in [5.74, 6) is 0.344. The SMILES string of the molecule is CNS(=O)(=O)c1cccc(OCC(O)CNC2COC3(CCN(S(=O)(=O)c4cnc5ncn(C)c5c4)CC3)C2)c1. The van der Waals surface area contributed by atoms with E-state index in [2.05, 4.69) is 20.0 Å². The number of pyridine rings is 1. The summed E-state index contributed by atoms with van der Waals surface area (Å²) >= 11 is 0. The first-order valence-corrected chi connectivity index (χ1v) is 15.9. The first-order chi connectivity index (χ1) is 19.0. The maximum Gasteiger partial charge on any atom is 0.244 e. The molecular formula is C25H34N6O7S2. The zero-order chi connectivity index (χ0) is 28.5. The molecule has 2 unspecified atom stereocenters. The van der Waals surface area contributed by atoms with Crippen LogP contribution in [0.15, 0.2) is 52.6 Å². The van der Waals surface area contributed by atoms with Crippen LogP contribution >= 0.6 is 0 Å². The molecule has 218 valence electrons. The number of aliphatic hydroxyl groups excluding tert-OH is 1. The number of aromatic nitrogens is 3. The minimum absolute atomic E-state index is 0.0124. The second kappa shape index (κ2) is 11.3. The highest BCUT2D eigenvalue weighted by molar-refractivity contribution is 7.89. The molecule has 2 atom stereocenters. The number of nitrogens with one attached hydrogen (secondary N) is 2. The third kappa shape index (κ3) is 6.00. The Morgan fingerprint density at radius 1 is 1.18 bits per heavy atom. The molecule has 5 rings (SSSR count). The molecule has 0 bridgehead atoms. The van der Waals surface area contributed by atoms with Crippen molar-refractivity contribution in [3.63, 3.8) is 0 Å². The summed E-state index contributed by atoms with van der Waals surface area (Å²) in [6.07, 6.45) is 3.99. The Morgan fingerprint density at radius 2 is 1.95 bits per heavy atom. The van der Waals surface area contributed by atoms with Gasteiger partial charge in [-0.05, 0) is 44.5 Å². The Morgan fingerprint density at radius 3 is 2.70 bits per heavy atom. The van der Waals surface area contributed by atoms with Crippen molar-refractivity contribution in [2.45, 2.75) is 46.8 Å². The van der Waals surface area contributed by atoms with Gasteiger partial charge in [0, 0.05) is 45.0 Å². The maximum atomic E-state index is 13.3. The van der Waals surface area contributed by atoms with Crippen LogP contribution in [-0.4, -0.2) is 98.4 Å². The molecule has 1 spiro atoms. The number of imidazole rings is 1. The zero-order valence-corrected chi connectivity index (χ0v) is 24.0. The number of aliphatic hydroxyl groups is 1. The van der Waals surface area contributed by atoms with Crippen LogP contribution in [0, 0.1) is 0 Å². The van der Waals surface area contributed by atoms with Crippen LogP contribution in [0.2, 0.25) is 0 Å². The van der Waals surface area contributed by atoms with Crippen molar-refractivity contribution in [2.75, 3.05) is 39.9 Å². The zero-order valence-electron chi connectivity index (χ0n) is 22.4. The number of fused-ring (bicyclic) bond motifs is 1. The van der Waals surface area contributed by atoms with Crippen LogP contribution in [0.25, 0.3) is 11.2 Å². The number of hydrogen-bond acceptors (Lipinski definition) is 10. The number of piperidine rings is 1. The quantitative estimate of drug-likeness (QED) is 0.296. The Balaban J connectivity index is 1.09. The highest BCUT2D eigenvalue weighted by Crippen LogP contribution is 2.37. The number of rotatable bonds is 10. The molecule has 0 radical (unpaired) electrons. The molecule has 2 aliphatic heterocycles. The van der Waals surface area contributed by atoms with Crippen LogP contribution in [0.3, 0.4) is 0 Å². The van der Waals surface area contributed by atoms with Crippen LogP contribution in [0.5, 0.6) is 5.75 Å². The molecule has 4 heterocycles. The van der Waals surface area contributed by atoms with Gasteiger partial charge in [-0.2, -0.15) is 4.31 Å². The Hall–Kier alpha value is -2.66. The molecule has 13 nitrogen and oxygen atoms in total. The van der Waals surface area contributed by atoms with Gasteiger partial charge in [-0.1, -0.05) is 6.07 Å². The lowest BCUT2D eigenvalue weighted by Crippen LogP contribution is -2.47. The van der Waals surface area contributed by atoms with Gasteiger partial charge in [0.1, 0.15) is 23.4 Å². The Kier molecular flexibility index (Phi) is 8.16. The largest absolute Gasteiger partial charge is 0.491 e. The van der Waals surface area contributed by atoms with Gasteiger partial charge in [-0.3, -0.25) is 0 Å². The van der Waals surface area contributed by atoms with Gasteiger partial charge >= 0.3 is 0 Å². The lowest BCUT2D eigenvalue weighted by atomic mass is 9.88. The number of sulfonamides is 2. The average molecular weight is 595 g/mol. The van der Waals surface area contributed by atoms with Crippen molar-refractivity contribution < 1.29 is 31.4 Å². The number of nitrogens with zero attached hydrogens (tertiary/aromatic N) is 4. The van der Waals surface area contributed by atoms with Crippen LogP contribution < -0.4 is 14.8 Å². The maximum absolute atomic E-state index is 13.3. The molecule has 2 aromatic heterocycles. The first kappa shape index (κ1) is 28.9. The van der Waals surface area contributed by atoms with E-state index in [4.69, 9.17) is 9.47 Å². The fourth-order valence-corrected chi connectivity index (χ4v) is 7.31. The third-order valence-electron chi connectivity index (χ3n) is 7.50. The van der Waals surface area contributed by atoms with Crippen LogP contribution in [0.4, 0.5) is 0 Å². The fraction of sp³-hybridized carbons (Fsp3) is 0.520. The lowest BCUT2D eigenvalue weighted by molar-refractivity contribution is -0.0312. The van der Waals surface area contributed by atoms with E-state index in [1.807, 2.05) is 0 Å². The van der Waals surface area contributed by atoms with Gasteiger partial charge < -0.3 is 24.5 Å². The summed E-state index contributed by atoms with van der Waals surface area (Å²) in [5.41, 5.74) is 0.752. The molecule has 3 N–H and O–H groups in total. The minimum Gasteiger partial charge on any atom is -0.491 e. The summed E-state index contributed by atoms with van der Waals surface area (Å²) in [6.45, 7) is 1.41. The summed E-state index contributed by atoms with van der Waals surface area (Å²) in [4.78, 5) is 8.58. The summed E-state index contributed by atoms with van der Waals surface area (Å²) < 4.78 is 67.7. The predicted octanol–water partition coefficient (Wildman–Crippen LogP) is 0.218. The number of aryl methyl sites for hydroxylation is 1. The number of hydrogen-bond donors (Lipinski definition) is 3. The average Bonchev–Trinajstić information content (AvgIpc) is 3.53. The lowest BCUT2D eigenvalue weighted by Gasteiger charge is -2.38. The monoisotopic (exact) mass is 594 g/mol. The molecule has 1 aromatic carbocycles. The van der Waals surface area contributed by atoms with Crippen molar-refractivity contribution in [1.82, 2.24) is 28.9 Å². The van der Waals surface area contributed by atoms with Crippen molar-refractivity contribution >= 4 is 31.2 Å². The van der Waals surface area contributed by atoms with E-state index in [0.29, 0.717) is 55.9 Å². The molecule has 15 heteroatoms. The van der Waals surface area contributed by atoms with E-state index in [1.165, 1.54) is 29.7 Å². The number of benzene rings is 1. The topological polar surface area (TPSA) is 165 Å². The highest BCUT2D eigenvalue weighted by atomic mass is 32.2. The molecule has 2 fully saturated rings. The molecule has 0 amide bonds. The van der Waals surface area contributed by atoms with E-state index in [9.17, 15) is 21.9 Å². The molecule has 3 aromatic rings.